The van der Waals surface area contributed by atoms with E-state index >= 15 is 0 Å². The Kier molecular flexibility index (Phi) is 4.98. The fourth-order valence-corrected chi connectivity index (χ4v) is 2.92. The molecule has 0 aromatic carbocycles. The van der Waals surface area contributed by atoms with Crippen LogP contribution in [0.15, 0.2) is 24.4 Å². The largest absolute Gasteiger partial charge is 0.357 e. The maximum atomic E-state index is 12.0. The molecular formula is C17H24N6O. The monoisotopic (exact) mass is 328 g/mol. The lowest BCUT2D eigenvalue weighted by molar-refractivity contribution is 0.252. The summed E-state index contributed by atoms with van der Waals surface area (Å²) in [4.78, 5) is 18.9. The normalized spacial score (nSPS) is 14.0. The van der Waals surface area contributed by atoms with E-state index in [1.807, 2.05) is 36.9 Å². The molecule has 1 fully saturated rings. The molecule has 2 aromatic heterocycles. The minimum absolute atomic E-state index is 0.212. The van der Waals surface area contributed by atoms with Gasteiger partial charge in [-0.15, -0.1) is 0 Å². The lowest BCUT2D eigenvalue weighted by Gasteiger charge is -2.18. The van der Waals surface area contributed by atoms with Crippen molar-refractivity contribution in [3.63, 3.8) is 0 Å². The van der Waals surface area contributed by atoms with Gasteiger partial charge >= 0.3 is 6.03 Å². The summed E-state index contributed by atoms with van der Waals surface area (Å²) in [6.07, 6.45) is 4.95. The molecule has 0 unspecified atom stereocenters. The van der Waals surface area contributed by atoms with Crippen molar-refractivity contribution in [2.24, 2.45) is 7.05 Å². The second-order valence-electron chi connectivity index (χ2n) is 6.07. The smallest absolute Gasteiger partial charge is 0.319 e. The molecule has 0 spiro atoms. The van der Waals surface area contributed by atoms with Crippen molar-refractivity contribution in [3.05, 3.63) is 35.8 Å². The van der Waals surface area contributed by atoms with Crippen LogP contribution >= 0.6 is 0 Å². The SMILES string of the molecule is Cc1nc(N2CCCC2)ccc1NC(=O)NCCc1ccnn1C. The molecule has 2 N–H and O–H groups in total. The summed E-state index contributed by atoms with van der Waals surface area (Å²) < 4.78 is 1.81. The van der Waals surface area contributed by atoms with Gasteiger partial charge in [0.25, 0.3) is 0 Å². The van der Waals surface area contributed by atoms with Gasteiger partial charge in [0.2, 0.25) is 0 Å². The predicted octanol–water partition coefficient (Wildman–Crippen LogP) is 2.09. The van der Waals surface area contributed by atoms with Gasteiger partial charge in [-0.3, -0.25) is 4.68 Å². The molecule has 0 bridgehead atoms. The van der Waals surface area contributed by atoms with Crippen LogP contribution in [-0.2, 0) is 13.5 Å². The molecule has 0 aliphatic carbocycles. The molecule has 0 atom stereocenters. The average Bonchev–Trinajstić information content (AvgIpc) is 3.22. The first kappa shape index (κ1) is 16.3. The fraction of sp³-hybridized carbons (Fsp3) is 0.471. The lowest BCUT2D eigenvalue weighted by Crippen LogP contribution is -2.31. The van der Waals surface area contributed by atoms with Gasteiger partial charge in [0.1, 0.15) is 5.82 Å². The summed E-state index contributed by atoms with van der Waals surface area (Å²) in [5.74, 6) is 0.993. The molecule has 128 valence electrons. The Labute approximate surface area is 142 Å². The summed E-state index contributed by atoms with van der Waals surface area (Å²) in [7, 11) is 1.90. The highest BCUT2D eigenvalue weighted by atomic mass is 16.2. The summed E-state index contributed by atoms with van der Waals surface area (Å²) >= 11 is 0. The Morgan fingerprint density at radius 2 is 2.04 bits per heavy atom. The number of urea groups is 1. The van der Waals surface area contributed by atoms with Crippen molar-refractivity contribution in [1.29, 1.82) is 0 Å². The third-order valence-electron chi connectivity index (χ3n) is 4.34. The second-order valence-corrected chi connectivity index (χ2v) is 6.07. The maximum Gasteiger partial charge on any atom is 0.319 e. The Bertz CT molecular complexity index is 705. The molecule has 1 aliphatic heterocycles. The van der Waals surface area contributed by atoms with Crippen LogP contribution in [0, 0.1) is 6.92 Å². The van der Waals surface area contributed by atoms with Crippen molar-refractivity contribution >= 4 is 17.5 Å². The van der Waals surface area contributed by atoms with E-state index in [1.165, 1.54) is 12.8 Å². The Morgan fingerprint density at radius 3 is 2.71 bits per heavy atom. The van der Waals surface area contributed by atoms with Gasteiger partial charge in [-0.25, -0.2) is 9.78 Å². The van der Waals surface area contributed by atoms with Gasteiger partial charge in [-0.05, 0) is 38.0 Å². The third-order valence-corrected chi connectivity index (χ3v) is 4.34. The van der Waals surface area contributed by atoms with Crippen LogP contribution in [0.3, 0.4) is 0 Å². The van der Waals surface area contributed by atoms with Crippen LogP contribution in [0.1, 0.15) is 24.2 Å². The Balaban J connectivity index is 1.51. The molecule has 1 saturated heterocycles. The van der Waals surface area contributed by atoms with Crippen LogP contribution in [-0.4, -0.2) is 40.4 Å². The summed E-state index contributed by atoms with van der Waals surface area (Å²) in [5.41, 5.74) is 2.67. The van der Waals surface area contributed by atoms with E-state index < -0.39 is 0 Å². The Hall–Kier alpha value is -2.57. The van der Waals surface area contributed by atoms with E-state index in [9.17, 15) is 4.79 Å². The number of anilines is 2. The number of aromatic nitrogens is 3. The standard InChI is InChI=1S/C17H24N6O/c1-13-15(5-6-16(20-13)23-11-3-4-12-23)21-17(24)18-9-7-14-8-10-19-22(14)2/h5-6,8,10H,3-4,7,9,11-12H2,1-2H3,(H2,18,21,24). The van der Waals surface area contributed by atoms with E-state index in [0.717, 1.165) is 42.4 Å². The number of nitrogens with zero attached hydrogens (tertiary/aromatic N) is 4. The second kappa shape index (κ2) is 7.33. The molecule has 24 heavy (non-hydrogen) atoms. The van der Waals surface area contributed by atoms with Crippen molar-refractivity contribution in [3.8, 4) is 0 Å². The zero-order valence-corrected chi connectivity index (χ0v) is 14.2. The van der Waals surface area contributed by atoms with Gasteiger partial charge < -0.3 is 15.5 Å². The van der Waals surface area contributed by atoms with Gasteiger partial charge in [0, 0.05) is 45.0 Å². The molecule has 2 aromatic rings. The van der Waals surface area contributed by atoms with Gasteiger partial charge in [-0.2, -0.15) is 5.10 Å². The first-order chi connectivity index (χ1) is 11.6. The highest BCUT2D eigenvalue weighted by Gasteiger charge is 2.14. The first-order valence-corrected chi connectivity index (χ1v) is 8.38. The van der Waals surface area contributed by atoms with E-state index in [4.69, 9.17) is 0 Å². The zero-order valence-electron chi connectivity index (χ0n) is 14.2. The van der Waals surface area contributed by atoms with Crippen LogP contribution < -0.4 is 15.5 Å². The number of amides is 2. The van der Waals surface area contributed by atoms with Crippen LogP contribution in [0.2, 0.25) is 0 Å². The van der Waals surface area contributed by atoms with Crippen molar-refractivity contribution in [2.75, 3.05) is 29.9 Å². The van der Waals surface area contributed by atoms with Gasteiger partial charge in [0.05, 0.1) is 11.4 Å². The summed E-state index contributed by atoms with van der Waals surface area (Å²) in [6, 6.07) is 5.64. The van der Waals surface area contributed by atoms with Crippen molar-refractivity contribution in [1.82, 2.24) is 20.1 Å². The molecule has 3 rings (SSSR count). The molecule has 0 radical (unpaired) electrons. The number of nitrogens with one attached hydrogen (secondary N) is 2. The van der Waals surface area contributed by atoms with E-state index in [2.05, 4.69) is 25.6 Å². The number of hydrogen-bond acceptors (Lipinski definition) is 4. The number of rotatable bonds is 5. The highest BCUT2D eigenvalue weighted by molar-refractivity contribution is 5.89. The molecule has 1 aliphatic rings. The van der Waals surface area contributed by atoms with Crippen LogP contribution in [0.4, 0.5) is 16.3 Å². The molecule has 7 heteroatoms. The summed E-state index contributed by atoms with van der Waals surface area (Å²) in [5, 5.41) is 9.84. The number of aryl methyl sites for hydroxylation is 2. The quantitative estimate of drug-likeness (QED) is 0.881. The van der Waals surface area contributed by atoms with Crippen molar-refractivity contribution in [2.45, 2.75) is 26.2 Å². The Morgan fingerprint density at radius 1 is 1.25 bits per heavy atom. The summed E-state index contributed by atoms with van der Waals surface area (Å²) in [6.45, 7) is 4.61. The van der Waals surface area contributed by atoms with E-state index in [1.54, 1.807) is 6.20 Å². The minimum atomic E-state index is -0.212. The number of carbonyl (C=O) groups is 1. The first-order valence-electron chi connectivity index (χ1n) is 8.38. The number of carbonyl (C=O) groups excluding carboxylic acids is 1. The fourth-order valence-electron chi connectivity index (χ4n) is 2.92. The van der Waals surface area contributed by atoms with Gasteiger partial charge in [0.15, 0.2) is 0 Å². The zero-order chi connectivity index (χ0) is 16.9. The molecule has 3 heterocycles. The molecular weight excluding hydrogens is 304 g/mol. The molecule has 2 amide bonds. The van der Waals surface area contributed by atoms with E-state index in [-0.39, 0.29) is 6.03 Å². The average molecular weight is 328 g/mol. The highest BCUT2D eigenvalue weighted by Crippen LogP contribution is 2.21. The number of pyridine rings is 1. The molecule has 7 nitrogen and oxygen atoms in total. The maximum absolute atomic E-state index is 12.0. The number of hydrogen-bond donors (Lipinski definition) is 2. The van der Waals surface area contributed by atoms with Crippen molar-refractivity contribution < 1.29 is 4.79 Å². The molecule has 0 saturated carbocycles. The predicted molar refractivity (Wildman–Crippen MR) is 94.4 cm³/mol. The lowest BCUT2D eigenvalue weighted by atomic mass is 10.3. The van der Waals surface area contributed by atoms with Crippen LogP contribution in [0.25, 0.3) is 0 Å². The van der Waals surface area contributed by atoms with E-state index in [0.29, 0.717) is 6.54 Å². The minimum Gasteiger partial charge on any atom is -0.357 e. The van der Waals surface area contributed by atoms with Gasteiger partial charge in [-0.1, -0.05) is 0 Å². The van der Waals surface area contributed by atoms with Crippen LogP contribution in [0.5, 0.6) is 0 Å². The third kappa shape index (κ3) is 3.84. The topological polar surface area (TPSA) is 75.1 Å².